The van der Waals surface area contributed by atoms with Gasteiger partial charge < -0.3 is 20.8 Å². The summed E-state index contributed by atoms with van der Waals surface area (Å²) in [4.78, 5) is 21.4. The number of halogens is 1. The van der Waals surface area contributed by atoms with Crippen molar-refractivity contribution in [1.29, 1.82) is 0 Å². The van der Waals surface area contributed by atoms with E-state index < -0.39 is 30.5 Å². The largest absolute Gasteiger partial charge is 0.479 e. The number of hydrogen-bond donors (Lipinski definition) is 4. The predicted octanol–water partition coefficient (Wildman–Crippen LogP) is 0.393. The average Bonchev–Trinajstić information content (AvgIpc) is 2.29. The van der Waals surface area contributed by atoms with Gasteiger partial charge in [-0.3, -0.25) is 0 Å². The third kappa shape index (κ3) is 4.07. The molecule has 1 aromatic carbocycles. The van der Waals surface area contributed by atoms with Crippen molar-refractivity contribution in [2.24, 2.45) is 0 Å². The van der Waals surface area contributed by atoms with Crippen LogP contribution in [-0.4, -0.2) is 34.9 Å². The normalized spacial score (nSPS) is 11.6. The summed E-state index contributed by atoms with van der Waals surface area (Å²) in [5.74, 6) is -2.06. The lowest BCUT2D eigenvalue weighted by molar-refractivity contribution is -0.146. The number of aliphatic hydroxyl groups excluding tert-OH is 1. The van der Waals surface area contributed by atoms with Gasteiger partial charge in [0.2, 0.25) is 0 Å². The predicted molar refractivity (Wildman–Crippen MR) is 57.1 cm³/mol. The van der Waals surface area contributed by atoms with Gasteiger partial charge in [-0.05, 0) is 12.1 Å². The van der Waals surface area contributed by atoms with Gasteiger partial charge in [0.1, 0.15) is 5.82 Å². The molecule has 0 aliphatic carbocycles. The quantitative estimate of drug-likeness (QED) is 0.614. The summed E-state index contributed by atoms with van der Waals surface area (Å²) < 4.78 is 13.1. The number of benzene rings is 1. The molecule has 0 radical (unpaired) electrons. The maximum absolute atomic E-state index is 13.1. The minimum absolute atomic E-state index is 0.0326. The second-order valence-electron chi connectivity index (χ2n) is 3.17. The van der Waals surface area contributed by atoms with Crippen LogP contribution in [0, 0.1) is 5.82 Å². The smallest absolute Gasteiger partial charge is 0.334 e. The fourth-order valence-corrected chi connectivity index (χ4v) is 1.01. The number of carboxylic acid groups (broad SMARTS) is 1. The number of urea groups is 1. The highest BCUT2D eigenvalue weighted by molar-refractivity contribution is 5.89. The molecule has 0 spiro atoms. The molecule has 0 aliphatic heterocycles. The van der Waals surface area contributed by atoms with Crippen LogP contribution in [0.15, 0.2) is 24.3 Å². The number of aliphatic carboxylic acids is 1. The topological polar surface area (TPSA) is 98.7 Å². The Morgan fingerprint density at radius 1 is 1.35 bits per heavy atom. The fourth-order valence-electron chi connectivity index (χ4n) is 1.01. The molecular weight excluding hydrogens is 231 g/mol. The monoisotopic (exact) mass is 242 g/mol. The third-order valence-electron chi connectivity index (χ3n) is 1.86. The van der Waals surface area contributed by atoms with Crippen LogP contribution >= 0.6 is 0 Å². The van der Waals surface area contributed by atoms with E-state index in [9.17, 15) is 14.0 Å². The van der Waals surface area contributed by atoms with E-state index in [-0.39, 0.29) is 5.69 Å². The van der Waals surface area contributed by atoms with Gasteiger partial charge in [0.05, 0.1) is 12.2 Å². The van der Waals surface area contributed by atoms with Crippen molar-refractivity contribution in [3.05, 3.63) is 30.1 Å². The first kappa shape index (κ1) is 12.9. The molecule has 0 aromatic heterocycles. The molecule has 4 N–H and O–H groups in total. The Bertz CT molecular complexity index is 425. The first-order chi connectivity index (χ1) is 8.00. The average molecular weight is 242 g/mol. The van der Waals surface area contributed by atoms with E-state index >= 15 is 0 Å². The van der Waals surface area contributed by atoms with Crippen LogP contribution in [0.5, 0.6) is 0 Å². The molecule has 0 bridgehead atoms. The molecule has 2 amide bonds. The Hall–Kier alpha value is -2.15. The molecule has 1 aromatic rings. The number of para-hydroxylation sites is 1. The number of amides is 2. The summed E-state index contributed by atoms with van der Waals surface area (Å²) in [6.45, 7) is -0.463. The number of carboxylic acids is 1. The van der Waals surface area contributed by atoms with Gasteiger partial charge in [0.25, 0.3) is 0 Å². The lowest BCUT2D eigenvalue weighted by Gasteiger charge is -2.09. The van der Waals surface area contributed by atoms with Crippen molar-refractivity contribution >= 4 is 17.7 Å². The van der Waals surface area contributed by atoms with Gasteiger partial charge in [-0.15, -0.1) is 0 Å². The second-order valence-corrected chi connectivity index (χ2v) is 3.17. The first-order valence-electron chi connectivity index (χ1n) is 4.71. The molecule has 0 fully saturated rings. The van der Waals surface area contributed by atoms with Crippen LogP contribution in [0.1, 0.15) is 0 Å². The van der Waals surface area contributed by atoms with Gasteiger partial charge in [-0.1, -0.05) is 12.1 Å². The summed E-state index contributed by atoms with van der Waals surface area (Å²) in [5.41, 5.74) is -0.0326. The molecule has 0 heterocycles. The van der Waals surface area contributed by atoms with Gasteiger partial charge in [-0.2, -0.15) is 0 Å². The van der Waals surface area contributed by atoms with E-state index in [0.717, 1.165) is 0 Å². The van der Waals surface area contributed by atoms with Crippen LogP contribution in [0.4, 0.5) is 14.9 Å². The van der Waals surface area contributed by atoms with Crippen molar-refractivity contribution in [2.75, 3.05) is 11.9 Å². The molecule has 1 atom stereocenters. The maximum atomic E-state index is 13.1. The maximum Gasteiger partial charge on any atom is 0.334 e. The van der Waals surface area contributed by atoms with Crippen LogP contribution in [0.25, 0.3) is 0 Å². The molecule has 7 heteroatoms. The minimum atomic E-state index is -1.69. The van der Waals surface area contributed by atoms with Crippen molar-refractivity contribution in [3.8, 4) is 0 Å². The van der Waals surface area contributed by atoms with Crippen LogP contribution < -0.4 is 10.6 Å². The molecule has 1 unspecified atom stereocenters. The van der Waals surface area contributed by atoms with Crippen LogP contribution in [0.2, 0.25) is 0 Å². The van der Waals surface area contributed by atoms with Crippen molar-refractivity contribution < 1.29 is 24.2 Å². The lowest BCUT2D eigenvalue weighted by Crippen LogP contribution is -2.38. The Morgan fingerprint density at radius 3 is 2.59 bits per heavy atom. The number of nitrogens with one attached hydrogen (secondary N) is 2. The zero-order chi connectivity index (χ0) is 12.8. The molecule has 0 aliphatic rings. The van der Waals surface area contributed by atoms with E-state index in [1.807, 2.05) is 0 Å². The van der Waals surface area contributed by atoms with Crippen LogP contribution in [-0.2, 0) is 4.79 Å². The number of rotatable bonds is 4. The number of carbonyl (C=O) groups excluding carboxylic acids is 1. The van der Waals surface area contributed by atoms with E-state index in [4.69, 9.17) is 10.2 Å². The number of carbonyl (C=O) groups is 2. The molecule has 92 valence electrons. The van der Waals surface area contributed by atoms with E-state index in [1.54, 1.807) is 0 Å². The summed E-state index contributed by atoms with van der Waals surface area (Å²) in [6, 6.07) is 4.72. The van der Waals surface area contributed by atoms with E-state index in [2.05, 4.69) is 10.6 Å². The lowest BCUT2D eigenvalue weighted by atomic mass is 10.3. The zero-order valence-electron chi connectivity index (χ0n) is 8.68. The van der Waals surface area contributed by atoms with Gasteiger partial charge in [0, 0.05) is 0 Å². The SMILES string of the molecule is O=C(NCC(O)C(=O)O)Nc1ccccc1F. The minimum Gasteiger partial charge on any atom is -0.479 e. The Morgan fingerprint density at radius 2 is 2.00 bits per heavy atom. The molecule has 1 rings (SSSR count). The Balaban J connectivity index is 2.46. The van der Waals surface area contributed by atoms with E-state index in [1.165, 1.54) is 24.3 Å². The molecule has 17 heavy (non-hydrogen) atoms. The van der Waals surface area contributed by atoms with Crippen molar-refractivity contribution in [2.45, 2.75) is 6.10 Å². The molecule has 6 nitrogen and oxygen atoms in total. The van der Waals surface area contributed by atoms with Gasteiger partial charge >= 0.3 is 12.0 Å². The summed E-state index contributed by atoms with van der Waals surface area (Å²) >= 11 is 0. The number of anilines is 1. The van der Waals surface area contributed by atoms with Gasteiger partial charge in [-0.25, -0.2) is 14.0 Å². The highest BCUT2D eigenvalue weighted by Crippen LogP contribution is 2.11. The first-order valence-corrected chi connectivity index (χ1v) is 4.71. The van der Waals surface area contributed by atoms with Gasteiger partial charge in [0.15, 0.2) is 6.10 Å². The van der Waals surface area contributed by atoms with E-state index in [0.29, 0.717) is 0 Å². The summed E-state index contributed by atoms with van der Waals surface area (Å²) in [6.07, 6.45) is -1.69. The fraction of sp³-hybridized carbons (Fsp3) is 0.200. The zero-order valence-corrected chi connectivity index (χ0v) is 8.68. The molecule has 0 saturated carbocycles. The summed E-state index contributed by atoms with van der Waals surface area (Å²) in [7, 11) is 0. The summed E-state index contributed by atoms with van der Waals surface area (Å²) in [5, 5.41) is 21.5. The number of aliphatic hydroxyl groups is 1. The Labute approximate surface area is 96.1 Å². The second kappa shape index (κ2) is 5.80. The van der Waals surface area contributed by atoms with Crippen LogP contribution in [0.3, 0.4) is 0 Å². The van der Waals surface area contributed by atoms with Crippen molar-refractivity contribution in [1.82, 2.24) is 5.32 Å². The Kier molecular flexibility index (Phi) is 4.41. The molecule has 0 saturated heterocycles. The standard InChI is InChI=1S/C10H11FN2O4/c11-6-3-1-2-4-7(6)13-10(17)12-5-8(14)9(15)16/h1-4,8,14H,5H2,(H,15,16)(H2,12,13,17). The third-order valence-corrected chi connectivity index (χ3v) is 1.86. The number of hydrogen-bond acceptors (Lipinski definition) is 3. The highest BCUT2D eigenvalue weighted by Gasteiger charge is 2.14. The van der Waals surface area contributed by atoms with Crippen molar-refractivity contribution in [3.63, 3.8) is 0 Å². The highest BCUT2D eigenvalue weighted by atomic mass is 19.1. The molecular formula is C10H11FN2O4.